The van der Waals surface area contributed by atoms with E-state index in [2.05, 4.69) is 0 Å². The summed E-state index contributed by atoms with van der Waals surface area (Å²) in [6.45, 7) is 0. The molecule has 0 N–H and O–H groups in total. The summed E-state index contributed by atoms with van der Waals surface area (Å²) in [5, 5.41) is 17.9. The van der Waals surface area contributed by atoms with Crippen LogP contribution in [0, 0.1) is 0 Å². The van der Waals surface area contributed by atoms with Gasteiger partial charge in [0.2, 0.25) is 0 Å². The van der Waals surface area contributed by atoms with E-state index in [0.717, 1.165) is 0 Å². The Morgan fingerprint density at radius 2 is 1.14 bits per heavy atom. The van der Waals surface area contributed by atoms with E-state index in [4.69, 9.17) is 19.8 Å². The van der Waals surface area contributed by atoms with Gasteiger partial charge in [0.25, 0.3) is 0 Å². The van der Waals surface area contributed by atoms with Crippen LogP contribution in [0.25, 0.3) is 0 Å². The van der Waals surface area contributed by atoms with Crippen molar-refractivity contribution >= 4 is 11.9 Å². The molecule has 0 aromatic carbocycles. The van der Waals surface area contributed by atoms with Crippen LogP contribution in [0.5, 0.6) is 0 Å². The number of carbonyl (C=O) groups is 2. The Balaban J connectivity index is 0. The van der Waals surface area contributed by atoms with E-state index < -0.39 is 11.9 Å². The average molecular weight is 269 g/mol. The van der Waals surface area contributed by atoms with Crippen molar-refractivity contribution in [2.24, 2.45) is 0 Å². The van der Waals surface area contributed by atoms with E-state index in [1.54, 1.807) is 0 Å². The SMILES string of the molecule is O=C([O-])C(=O)[O-].[Ta+5]. The van der Waals surface area contributed by atoms with Gasteiger partial charge in [-0.15, -0.1) is 0 Å². The maximum atomic E-state index is 8.93. The van der Waals surface area contributed by atoms with Crippen molar-refractivity contribution in [1.82, 2.24) is 0 Å². The topological polar surface area (TPSA) is 80.3 Å². The number of carbonyl (C=O) groups excluding carboxylic acids is 2. The van der Waals surface area contributed by atoms with Crippen LogP contribution < -0.4 is 10.2 Å². The Morgan fingerprint density at radius 3 is 1.14 bits per heavy atom. The number of rotatable bonds is 0. The van der Waals surface area contributed by atoms with Crippen molar-refractivity contribution in [2.75, 3.05) is 0 Å². The fourth-order valence-corrected chi connectivity index (χ4v) is 0. The monoisotopic (exact) mass is 269 g/mol. The molecular weight excluding hydrogens is 269 g/mol. The van der Waals surface area contributed by atoms with Crippen LogP contribution in [-0.2, 0) is 32.0 Å². The molecule has 4 nitrogen and oxygen atoms in total. The maximum absolute atomic E-state index is 8.93. The maximum Gasteiger partial charge on any atom is 5.00 e. The molecule has 0 heterocycles. The minimum Gasteiger partial charge on any atom is -0.543 e. The number of aliphatic carboxylic acids is 2. The van der Waals surface area contributed by atoms with Crippen LogP contribution in [0.2, 0.25) is 0 Å². The van der Waals surface area contributed by atoms with Crippen molar-refractivity contribution in [1.29, 1.82) is 0 Å². The van der Waals surface area contributed by atoms with E-state index in [0.29, 0.717) is 0 Å². The Kier molecular flexibility index (Phi) is 5.42. The summed E-state index contributed by atoms with van der Waals surface area (Å²) in [5.41, 5.74) is 0. The first-order valence-corrected chi connectivity index (χ1v) is 1.07. The molecule has 0 rings (SSSR count). The van der Waals surface area contributed by atoms with Crippen molar-refractivity contribution in [3.05, 3.63) is 0 Å². The van der Waals surface area contributed by atoms with E-state index in [9.17, 15) is 0 Å². The van der Waals surface area contributed by atoms with Gasteiger partial charge in [-0.25, -0.2) is 0 Å². The van der Waals surface area contributed by atoms with Crippen LogP contribution >= 0.6 is 0 Å². The smallest absolute Gasteiger partial charge is 0.543 e. The molecule has 0 unspecified atom stereocenters. The summed E-state index contributed by atoms with van der Waals surface area (Å²) in [7, 11) is 0. The zero-order valence-corrected chi connectivity index (χ0v) is 6.29. The van der Waals surface area contributed by atoms with Gasteiger partial charge in [0.15, 0.2) is 0 Å². The van der Waals surface area contributed by atoms with E-state index in [1.807, 2.05) is 0 Å². The number of carboxylic acids is 2. The van der Waals surface area contributed by atoms with Gasteiger partial charge >= 0.3 is 22.4 Å². The zero-order chi connectivity index (χ0) is 5.15. The summed E-state index contributed by atoms with van der Waals surface area (Å²) in [6, 6.07) is 0. The first kappa shape index (κ1) is 9.84. The van der Waals surface area contributed by atoms with Gasteiger partial charge in [0.1, 0.15) is 0 Å². The second-order valence-electron chi connectivity index (χ2n) is 0.575. The van der Waals surface area contributed by atoms with Gasteiger partial charge in [0, 0.05) is 0 Å². The molecule has 7 heavy (non-hydrogen) atoms. The van der Waals surface area contributed by atoms with E-state index in [1.165, 1.54) is 0 Å². The Hall–Kier alpha value is -0.320. The zero-order valence-electron chi connectivity index (χ0n) is 3.08. The molecule has 0 amide bonds. The predicted octanol–water partition coefficient (Wildman–Crippen LogP) is -3.52. The molecule has 0 radical (unpaired) electrons. The number of hydrogen-bond acceptors (Lipinski definition) is 4. The van der Waals surface area contributed by atoms with E-state index >= 15 is 0 Å². The molecule has 0 saturated heterocycles. The summed E-state index contributed by atoms with van der Waals surface area (Å²) in [4.78, 5) is 17.9. The fraction of sp³-hybridized carbons (Fsp3) is 0. The number of carboxylic acid groups (broad SMARTS) is 2. The van der Waals surface area contributed by atoms with Crippen LogP contribution in [0.3, 0.4) is 0 Å². The van der Waals surface area contributed by atoms with Gasteiger partial charge < -0.3 is 19.8 Å². The molecule has 0 aliphatic heterocycles. The fourth-order valence-electron chi connectivity index (χ4n) is 0. The predicted molar refractivity (Wildman–Crippen MR) is 10.0 cm³/mol. The first-order chi connectivity index (χ1) is 2.64. The average Bonchev–Trinajstić information content (AvgIpc) is 1.36. The summed E-state index contributed by atoms with van der Waals surface area (Å²) in [5.74, 6) is -4.37. The molecule has 0 aromatic heterocycles. The van der Waals surface area contributed by atoms with Crippen LogP contribution in [0.15, 0.2) is 0 Å². The molecule has 34 valence electrons. The summed E-state index contributed by atoms with van der Waals surface area (Å²) >= 11 is 0. The first-order valence-electron chi connectivity index (χ1n) is 1.07. The molecule has 0 aliphatic rings. The van der Waals surface area contributed by atoms with Crippen molar-refractivity contribution < 1.29 is 42.2 Å². The molecule has 0 aromatic rings. The third kappa shape index (κ3) is 5.68. The van der Waals surface area contributed by atoms with Gasteiger partial charge in [-0.2, -0.15) is 0 Å². The molecule has 0 atom stereocenters. The Morgan fingerprint density at radius 1 is 1.00 bits per heavy atom. The van der Waals surface area contributed by atoms with Gasteiger partial charge in [-0.1, -0.05) is 0 Å². The van der Waals surface area contributed by atoms with Crippen molar-refractivity contribution in [3.8, 4) is 0 Å². The molecular formula is C2O4Ta+3. The normalized spacial score (nSPS) is 6.29. The van der Waals surface area contributed by atoms with Crippen LogP contribution in [-0.4, -0.2) is 11.9 Å². The summed E-state index contributed by atoms with van der Waals surface area (Å²) < 4.78 is 0. The second kappa shape index (κ2) is 3.86. The minimum atomic E-state index is -2.19. The van der Waals surface area contributed by atoms with Gasteiger partial charge in [-0.05, 0) is 0 Å². The van der Waals surface area contributed by atoms with Crippen LogP contribution in [0.1, 0.15) is 0 Å². The molecule has 5 heteroatoms. The van der Waals surface area contributed by atoms with Crippen molar-refractivity contribution in [3.63, 3.8) is 0 Å². The van der Waals surface area contributed by atoms with E-state index in [-0.39, 0.29) is 22.4 Å². The summed E-state index contributed by atoms with van der Waals surface area (Å²) in [6.07, 6.45) is 0. The molecule has 0 saturated carbocycles. The number of hydrogen-bond donors (Lipinski definition) is 0. The molecule has 0 aliphatic carbocycles. The molecule has 0 fully saturated rings. The molecule has 0 spiro atoms. The van der Waals surface area contributed by atoms with Crippen molar-refractivity contribution in [2.45, 2.75) is 0 Å². The Labute approximate surface area is 54.6 Å². The minimum absolute atomic E-state index is 0. The third-order valence-electron chi connectivity index (χ3n) is 0.167. The van der Waals surface area contributed by atoms with Gasteiger partial charge in [-0.3, -0.25) is 0 Å². The van der Waals surface area contributed by atoms with Gasteiger partial charge in [0.05, 0.1) is 11.9 Å². The third-order valence-corrected chi connectivity index (χ3v) is 0.167. The van der Waals surface area contributed by atoms with Crippen LogP contribution in [0.4, 0.5) is 0 Å². The standard InChI is InChI=1S/C2H2O4.Ta/c3-1(4)2(5)6;/h(H,3,4)(H,5,6);/q;+5/p-2. The molecule has 0 bridgehead atoms. The Bertz CT molecular complexity index is 75.7. The quantitative estimate of drug-likeness (QED) is 0.427. The largest absolute Gasteiger partial charge is 5.00 e. The second-order valence-corrected chi connectivity index (χ2v) is 0.575.